The van der Waals surface area contributed by atoms with Crippen LogP contribution < -0.4 is 0 Å². The van der Waals surface area contributed by atoms with Crippen molar-refractivity contribution >= 4 is 0 Å². The van der Waals surface area contributed by atoms with Crippen LogP contribution in [-0.4, -0.2) is 30.8 Å². The molecule has 0 amide bonds. The van der Waals surface area contributed by atoms with Gasteiger partial charge >= 0.3 is 0 Å². The van der Waals surface area contributed by atoms with E-state index in [-0.39, 0.29) is 11.5 Å². The van der Waals surface area contributed by atoms with Gasteiger partial charge in [0.2, 0.25) is 11.6 Å². The van der Waals surface area contributed by atoms with E-state index in [0.717, 1.165) is 5.56 Å². The van der Waals surface area contributed by atoms with Crippen LogP contribution in [0.3, 0.4) is 0 Å². The number of halogens is 1. The Kier molecular flexibility index (Phi) is 3.12. The molecule has 7 nitrogen and oxygen atoms in total. The lowest BCUT2D eigenvalue weighted by atomic mass is 10.1. The van der Waals surface area contributed by atoms with Crippen LogP contribution in [-0.2, 0) is 0 Å². The monoisotopic (exact) mass is 308 g/mol. The number of aromatic amines is 1. The second-order valence-electron chi connectivity index (χ2n) is 4.72. The third-order valence-corrected chi connectivity index (χ3v) is 3.25. The molecule has 0 radical (unpaired) electrons. The van der Waals surface area contributed by atoms with Gasteiger partial charge in [-0.1, -0.05) is 35.5 Å². The third kappa shape index (κ3) is 2.46. The van der Waals surface area contributed by atoms with Crippen molar-refractivity contribution < 1.29 is 8.91 Å². The quantitative estimate of drug-likeness (QED) is 0.625. The summed E-state index contributed by atoms with van der Waals surface area (Å²) in [5, 5.41) is 17.7. The van der Waals surface area contributed by atoms with Gasteiger partial charge < -0.3 is 4.52 Å². The van der Waals surface area contributed by atoms with E-state index < -0.39 is 5.82 Å². The summed E-state index contributed by atoms with van der Waals surface area (Å²) >= 11 is 0. The number of aromatic nitrogens is 6. The lowest BCUT2D eigenvalue weighted by molar-refractivity contribution is 0.429. The second-order valence-corrected chi connectivity index (χ2v) is 4.72. The van der Waals surface area contributed by atoms with E-state index in [4.69, 9.17) is 4.52 Å². The maximum Gasteiger partial charge on any atom is 0.261 e. The lowest BCUT2D eigenvalue weighted by Crippen LogP contribution is -1.86. The molecule has 1 N–H and O–H groups in total. The van der Waals surface area contributed by atoms with Crippen LogP contribution in [0, 0.1) is 5.82 Å². The Morgan fingerprint density at radius 1 is 0.957 bits per heavy atom. The molecule has 2 aromatic heterocycles. The van der Waals surface area contributed by atoms with Crippen molar-refractivity contribution in [2.75, 3.05) is 0 Å². The third-order valence-electron chi connectivity index (χ3n) is 3.25. The summed E-state index contributed by atoms with van der Waals surface area (Å²) in [5.41, 5.74) is 1.73. The second kappa shape index (κ2) is 5.41. The Hall–Kier alpha value is -3.42. The standard InChI is InChI=1S/C15H9FN6O/c16-12-7-2-1-6-11(12)15-17-13(20-23-15)9-4-3-5-10(8-9)14-18-21-22-19-14/h1-8H,(H,18,19,21,22). The normalized spacial score (nSPS) is 10.8. The first-order valence-electron chi connectivity index (χ1n) is 6.74. The minimum atomic E-state index is -0.414. The summed E-state index contributed by atoms with van der Waals surface area (Å²) in [4.78, 5) is 4.25. The zero-order valence-corrected chi connectivity index (χ0v) is 11.6. The molecule has 112 valence electrons. The Bertz CT molecular complexity index is 950. The van der Waals surface area contributed by atoms with Crippen LogP contribution in [0.4, 0.5) is 4.39 Å². The molecule has 0 bridgehead atoms. The summed E-state index contributed by atoms with van der Waals surface area (Å²) in [6.45, 7) is 0. The molecule has 4 rings (SSSR count). The van der Waals surface area contributed by atoms with Gasteiger partial charge in [-0.2, -0.15) is 10.2 Å². The Morgan fingerprint density at radius 3 is 2.57 bits per heavy atom. The summed E-state index contributed by atoms with van der Waals surface area (Å²) in [6.07, 6.45) is 0. The first-order valence-corrected chi connectivity index (χ1v) is 6.74. The van der Waals surface area contributed by atoms with Gasteiger partial charge in [-0.15, -0.1) is 10.2 Å². The fraction of sp³-hybridized carbons (Fsp3) is 0. The number of nitrogens with one attached hydrogen (secondary N) is 1. The number of hydrogen-bond donors (Lipinski definition) is 1. The van der Waals surface area contributed by atoms with E-state index in [2.05, 4.69) is 30.8 Å². The van der Waals surface area contributed by atoms with Crippen LogP contribution in [0.1, 0.15) is 0 Å². The molecule has 23 heavy (non-hydrogen) atoms. The molecule has 2 aromatic carbocycles. The predicted molar refractivity (Wildman–Crippen MR) is 78.3 cm³/mol. The van der Waals surface area contributed by atoms with Crippen LogP contribution in [0.25, 0.3) is 34.2 Å². The zero-order chi connectivity index (χ0) is 15.6. The fourth-order valence-corrected chi connectivity index (χ4v) is 2.17. The predicted octanol–water partition coefficient (Wildman–Crippen LogP) is 2.72. The molecule has 0 unspecified atom stereocenters. The first-order chi connectivity index (χ1) is 11.3. The van der Waals surface area contributed by atoms with Gasteiger partial charge in [0.25, 0.3) is 5.89 Å². The maximum atomic E-state index is 13.8. The SMILES string of the molecule is Fc1ccccc1-c1nc(-c2cccc(-c3nn[nH]n3)c2)no1. The summed E-state index contributed by atoms with van der Waals surface area (Å²) in [6, 6.07) is 13.5. The van der Waals surface area contributed by atoms with Crippen molar-refractivity contribution in [3.8, 4) is 34.2 Å². The number of rotatable bonds is 3. The van der Waals surface area contributed by atoms with Gasteiger partial charge in [0, 0.05) is 11.1 Å². The molecule has 0 aliphatic heterocycles. The molecule has 0 atom stereocenters. The van der Waals surface area contributed by atoms with Gasteiger partial charge in [-0.05, 0) is 23.4 Å². The van der Waals surface area contributed by atoms with Gasteiger partial charge in [0.15, 0.2) is 0 Å². The molecule has 0 aliphatic rings. The molecule has 0 saturated carbocycles. The summed E-state index contributed by atoms with van der Waals surface area (Å²) < 4.78 is 18.9. The van der Waals surface area contributed by atoms with Crippen molar-refractivity contribution in [2.24, 2.45) is 0 Å². The molecule has 0 saturated heterocycles. The largest absolute Gasteiger partial charge is 0.334 e. The maximum absolute atomic E-state index is 13.8. The highest BCUT2D eigenvalue weighted by Gasteiger charge is 2.14. The van der Waals surface area contributed by atoms with Crippen LogP contribution in [0.5, 0.6) is 0 Å². The molecule has 0 spiro atoms. The van der Waals surface area contributed by atoms with E-state index in [1.807, 2.05) is 18.2 Å². The van der Waals surface area contributed by atoms with E-state index in [1.165, 1.54) is 6.07 Å². The smallest absolute Gasteiger partial charge is 0.261 e. The van der Waals surface area contributed by atoms with Crippen LogP contribution in [0.15, 0.2) is 53.1 Å². The Labute approximate surface area is 129 Å². The number of tetrazole rings is 1. The Balaban J connectivity index is 1.73. The van der Waals surface area contributed by atoms with Gasteiger partial charge in [-0.25, -0.2) is 4.39 Å². The minimum absolute atomic E-state index is 0.128. The van der Waals surface area contributed by atoms with E-state index in [9.17, 15) is 4.39 Å². The average Bonchev–Trinajstić information content (AvgIpc) is 3.27. The molecule has 2 heterocycles. The van der Waals surface area contributed by atoms with Crippen molar-refractivity contribution in [1.29, 1.82) is 0 Å². The molecular weight excluding hydrogens is 299 g/mol. The summed E-state index contributed by atoms with van der Waals surface area (Å²) in [5.74, 6) is 0.532. The first kappa shape index (κ1) is 13.3. The minimum Gasteiger partial charge on any atom is -0.334 e. The molecule has 0 aliphatic carbocycles. The van der Waals surface area contributed by atoms with Gasteiger partial charge in [0.05, 0.1) is 5.56 Å². The zero-order valence-electron chi connectivity index (χ0n) is 11.6. The lowest BCUT2D eigenvalue weighted by Gasteiger charge is -1.97. The topological polar surface area (TPSA) is 93.4 Å². The highest BCUT2D eigenvalue weighted by atomic mass is 19.1. The van der Waals surface area contributed by atoms with Crippen molar-refractivity contribution in [3.05, 3.63) is 54.3 Å². The highest BCUT2D eigenvalue weighted by Crippen LogP contribution is 2.26. The molecule has 4 aromatic rings. The van der Waals surface area contributed by atoms with Crippen molar-refractivity contribution in [3.63, 3.8) is 0 Å². The fourth-order valence-electron chi connectivity index (χ4n) is 2.17. The van der Waals surface area contributed by atoms with Gasteiger partial charge in [-0.3, -0.25) is 0 Å². The Morgan fingerprint density at radius 2 is 1.78 bits per heavy atom. The number of H-pyrrole nitrogens is 1. The number of benzene rings is 2. The van der Waals surface area contributed by atoms with E-state index in [1.54, 1.807) is 24.3 Å². The molecular formula is C15H9FN6O. The molecule has 0 fully saturated rings. The number of nitrogens with zero attached hydrogens (tertiary/aromatic N) is 5. The van der Waals surface area contributed by atoms with Crippen LogP contribution in [0.2, 0.25) is 0 Å². The molecule has 8 heteroatoms. The number of hydrogen-bond acceptors (Lipinski definition) is 6. The summed E-state index contributed by atoms with van der Waals surface area (Å²) in [7, 11) is 0. The van der Waals surface area contributed by atoms with E-state index in [0.29, 0.717) is 17.2 Å². The van der Waals surface area contributed by atoms with E-state index >= 15 is 0 Å². The highest BCUT2D eigenvalue weighted by molar-refractivity contribution is 5.66. The average molecular weight is 308 g/mol. The van der Waals surface area contributed by atoms with Crippen molar-refractivity contribution in [2.45, 2.75) is 0 Å². The van der Waals surface area contributed by atoms with Crippen LogP contribution >= 0.6 is 0 Å². The van der Waals surface area contributed by atoms with Crippen molar-refractivity contribution in [1.82, 2.24) is 30.8 Å². The van der Waals surface area contributed by atoms with Gasteiger partial charge in [0.1, 0.15) is 5.82 Å².